The molecule has 0 bridgehead atoms. The van der Waals surface area contributed by atoms with Gasteiger partial charge in [0, 0.05) is 0 Å². The third-order valence-electron chi connectivity index (χ3n) is 2.30. The molecule has 18 heavy (non-hydrogen) atoms. The van der Waals surface area contributed by atoms with E-state index < -0.39 is 5.97 Å². The second-order valence-corrected chi connectivity index (χ2v) is 5.40. The molecule has 94 valence electrons. The van der Waals surface area contributed by atoms with E-state index in [2.05, 4.69) is 0 Å². The minimum atomic E-state index is -0.453. The SMILES string of the molecule is CCOC(=O)c1sc(SC)c2c(N)c(C#N)oc12. The van der Waals surface area contributed by atoms with Gasteiger partial charge in [-0.3, -0.25) is 0 Å². The number of nitrogen functional groups attached to an aromatic ring is 1. The van der Waals surface area contributed by atoms with Crippen molar-refractivity contribution in [3.63, 3.8) is 0 Å². The highest BCUT2D eigenvalue weighted by Gasteiger charge is 2.25. The predicted molar refractivity (Wildman–Crippen MR) is 71.0 cm³/mol. The molecular formula is C11H10N2O3S2. The molecule has 0 saturated heterocycles. The maximum atomic E-state index is 11.8. The number of thioether (sulfide) groups is 1. The first kappa shape index (κ1) is 12.8. The van der Waals surface area contributed by atoms with Crippen LogP contribution in [0.4, 0.5) is 5.69 Å². The highest BCUT2D eigenvalue weighted by Crippen LogP contribution is 2.43. The normalized spacial score (nSPS) is 10.5. The summed E-state index contributed by atoms with van der Waals surface area (Å²) in [6.45, 7) is 2.02. The fourth-order valence-electron chi connectivity index (χ4n) is 1.55. The van der Waals surface area contributed by atoms with Crippen LogP contribution in [0.25, 0.3) is 11.0 Å². The van der Waals surface area contributed by atoms with E-state index in [0.29, 0.717) is 15.8 Å². The predicted octanol–water partition coefficient (Wildman–Crippen LogP) is 2.85. The smallest absolute Gasteiger partial charge is 0.352 e. The zero-order chi connectivity index (χ0) is 13.3. The van der Waals surface area contributed by atoms with Crippen molar-refractivity contribution in [3.8, 4) is 6.07 Å². The van der Waals surface area contributed by atoms with Crippen LogP contribution in [0.15, 0.2) is 8.63 Å². The molecule has 2 rings (SSSR count). The van der Waals surface area contributed by atoms with Gasteiger partial charge >= 0.3 is 5.97 Å². The number of furan rings is 1. The Hall–Kier alpha value is -1.65. The van der Waals surface area contributed by atoms with Crippen molar-refractivity contribution >= 4 is 45.7 Å². The molecule has 0 fully saturated rings. The molecule has 5 nitrogen and oxygen atoms in total. The van der Waals surface area contributed by atoms with Crippen molar-refractivity contribution in [2.24, 2.45) is 0 Å². The number of anilines is 1. The number of fused-ring (bicyclic) bond motifs is 1. The summed E-state index contributed by atoms with van der Waals surface area (Å²) >= 11 is 2.72. The maximum absolute atomic E-state index is 11.8. The number of nitrogens with zero attached hydrogens (tertiary/aromatic N) is 1. The molecule has 2 heterocycles. The number of nitriles is 1. The van der Waals surface area contributed by atoms with Gasteiger partial charge < -0.3 is 14.9 Å². The molecule has 0 amide bonds. The van der Waals surface area contributed by atoms with E-state index in [9.17, 15) is 4.79 Å². The van der Waals surface area contributed by atoms with Crippen molar-refractivity contribution < 1.29 is 13.9 Å². The van der Waals surface area contributed by atoms with Crippen LogP contribution in [-0.2, 0) is 4.74 Å². The lowest BCUT2D eigenvalue weighted by Gasteiger charge is -1.97. The van der Waals surface area contributed by atoms with Crippen LogP contribution in [0.5, 0.6) is 0 Å². The number of thiophene rings is 1. The lowest BCUT2D eigenvalue weighted by Crippen LogP contribution is -2.02. The Morgan fingerprint density at radius 3 is 2.94 bits per heavy atom. The molecule has 0 atom stereocenters. The summed E-state index contributed by atoms with van der Waals surface area (Å²) in [6, 6.07) is 1.87. The van der Waals surface area contributed by atoms with Crippen LogP contribution in [0.3, 0.4) is 0 Å². The first-order valence-corrected chi connectivity index (χ1v) is 7.14. The zero-order valence-corrected chi connectivity index (χ0v) is 11.4. The molecule has 0 saturated carbocycles. The molecule has 0 aliphatic heterocycles. The van der Waals surface area contributed by atoms with Gasteiger partial charge in [0.25, 0.3) is 0 Å². The average Bonchev–Trinajstić information content (AvgIpc) is 2.87. The van der Waals surface area contributed by atoms with E-state index in [0.717, 1.165) is 4.21 Å². The van der Waals surface area contributed by atoms with Gasteiger partial charge in [-0.05, 0) is 13.2 Å². The lowest BCUT2D eigenvalue weighted by atomic mass is 10.3. The molecule has 2 aromatic heterocycles. The minimum absolute atomic E-state index is 0.0358. The quantitative estimate of drug-likeness (QED) is 0.687. The summed E-state index contributed by atoms with van der Waals surface area (Å²) in [5.41, 5.74) is 6.46. The fraction of sp³-hybridized carbons (Fsp3) is 0.273. The Balaban J connectivity index is 2.69. The van der Waals surface area contributed by atoms with Crippen LogP contribution in [0.2, 0.25) is 0 Å². The highest BCUT2D eigenvalue weighted by molar-refractivity contribution is 8.00. The fourth-order valence-corrected chi connectivity index (χ4v) is 3.41. The number of carbonyl (C=O) groups is 1. The van der Waals surface area contributed by atoms with Gasteiger partial charge in [-0.2, -0.15) is 5.26 Å². The Morgan fingerprint density at radius 1 is 1.67 bits per heavy atom. The molecule has 0 aromatic carbocycles. The highest BCUT2D eigenvalue weighted by atomic mass is 32.2. The largest absolute Gasteiger partial charge is 0.462 e. The molecule has 0 aliphatic carbocycles. The number of rotatable bonds is 3. The van der Waals surface area contributed by atoms with Crippen molar-refractivity contribution in [2.75, 3.05) is 18.6 Å². The second-order valence-electron chi connectivity index (χ2n) is 3.30. The van der Waals surface area contributed by atoms with Gasteiger partial charge in [0.05, 0.1) is 21.9 Å². The van der Waals surface area contributed by atoms with E-state index in [1.807, 2.05) is 12.3 Å². The van der Waals surface area contributed by atoms with Crippen molar-refractivity contribution in [3.05, 3.63) is 10.6 Å². The summed E-state index contributed by atoms with van der Waals surface area (Å²) in [4.78, 5) is 12.1. The van der Waals surface area contributed by atoms with E-state index in [1.54, 1.807) is 6.92 Å². The van der Waals surface area contributed by atoms with Gasteiger partial charge in [0.2, 0.25) is 5.76 Å². The monoisotopic (exact) mass is 282 g/mol. The summed E-state index contributed by atoms with van der Waals surface area (Å²) < 4.78 is 11.1. The van der Waals surface area contributed by atoms with Gasteiger partial charge in [0.1, 0.15) is 6.07 Å². The number of ether oxygens (including phenoxy) is 1. The van der Waals surface area contributed by atoms with Crippen LogP contribution in [0.1, 0.15) is 22.4 Å². The average molecular weight is 282 g/mol. The Kier molecular flexibility index (Phi) is 3.50. The molecule has 2 N–H and O–H groups in total. The summed E-state index contributed by atoms with van der Waals surface area (Å²) in [5.74, 6) is -0.417. The van der Waals surface area contributed by atoms with Gasteiger partial charge in [0.15, 0.2) is 10.5 Å². The molecule has 0 spiro atoms. The minimum Gasteiger partial charge on any atom is -0.462 e. The Morgan fingerprint density at radius 2 is 2.39 bits per heavy atom. The maximum Gasteiger partial charge on any atom is 0.352 e. The van der Waals surface area contributed by atoms with Crippen LogP contribution in [-0.4, -0.2) is 18.8 Å². The Labute approximate surface area is 112 Å². The molecule has 0 radical (unpaired) electrons. The van der Waals surface area contributed by atoms with Crippen LogP contribution < -0.4 is 5.73 Å². The van der Waals surface area contributed by atoms with E-state index in [-0.39, 0.29) is 18.1 Å². The topological polar surface area (TPSA) is 89.2 Å². The van der Waals surface area contributed by atoms with Crippen molar-refractivity contribution in [2.45, 2.75) is 11.1 Å². The first-order valence-electron chi connectivity index (χ1n) is 5.10. The van der Waals surface area contributed by atoms with Gasteiger partial charge in [-0.15, -0.1) is 23.1 Å². The van der Waals surface area contributed by atoms with Crippen LogP contribution in [0, 0.1) is 11.3 Å². The number of carbonyl (C=O) groups excluding carboxylic acids is 1. The van der Waals surface area contributed by atoms with Gasteiger partial charge in [-0.1, -0.05) is 0 Å². The van der Waals surface area contributed by atoms with Crippen molar-refractivity contribution in [1.29, 1.82) is 5.26 Å². The summed E-state index contributed by atoms with van der Waals surface area (Å²) in [5, 5.41) is 9.52. The van der Waals surface area contributed by atoms with Crippen molar-refractivity contribution in [1.82, 2.24) is 0 Å². The third-order valence-corrected chi connectivity index (χ3v) is 4.57. The Bertz CT molecular complexity index is 651. The number of hydrogen-bond donors (Lipinski definition) is 1. The standard InChI is InChI=1S/C11H10N2O3S2/c1-3-15-10(14)9-8-6(11(17-2)18-9)7(13)5(4-12)16-8/h3,13H2,1-2H3. The van der Waals surface area contributed by atoms with E-state index >= 15 is 0 Å². The molecule has 0 unspecified atom stereocenters. The summed E-state index contributed by atoms with van der Waals surface area (Å²) in [7, 11) is 0. The first-order chi connectivity index (χ1) is 8.63. The molecular weight excluding hydrogens is 272 g/mol. The summed E-state index contributed by atoms with van der Waals surface area (Å²) in [6.07, 6.45) is 1.87. The molecule has 7 heteroatoms. The number of nitrogens with two attached hydrogens (primary N) is 1. The van der Waals surface area contributed by atoms with E-state index in [4.69, 9.17) is 20.1 Å². The molecule has 0 aliphatic rings. The lowest BCUT2D eigenvalue weighted by molar-refractivity contribution is 0.0533. The van der Waals surface area contributed by atoms with Gasteiger partial charge in [-0.25, -0.2) is 4.79 Å². The second kappa shape index (κ2) is 4.92. The van der Waals surface area contributed by atoms with Crippen LogP contribution >= 0.6 is 23.1 Å². The number of esters is 1. The molecule has 2 aromatic rings. The number of hydrogen-bond acceptors (Lipinski definition) is 7. The van der Waals surface area contributed by atoms with E-state index in [1.165, 1.54) is 23.1 Å². The zero-order valence-electron chi connectivity index (χ0n) is 9.77. The third kappa shape index (κ3) is 1.83.